The second kappa shape index (κ2) is 9.87. The molecular weight excluding hydrogens is 367 g/mol. The number of carbonyl (C=O) groups excluding carboxylic acids is 1. The number of rotatable bonds is 12. The Kier molecular flexibility index (Phi) is 9.71. The molecule has 162 valence electrons. The molecule has 0 aromatic carbocycles. The van der Waals surface area contributed by atoms with Crippen LogP contribution in [0.15, 0.2) is 0 Å². The highest BCUT2D eigenvalue weighted by atomic mass is 31.1. The Morgan fingerprint density at radius 2 is 1.59 bits per heavy atom. The zero-order valence-electron chi connectivity index (χ0n) is 18.9. The van der Waals surface area contributed by atoms with E-state index in [1.54, 1.807) is 13.8 Å². The summed E-state index contributed by atoms with van der Waals surface area (Å²) in [5.74, 6) is -0.982. The molecule has 0 radical (unpaired) electrons. The van der Waals surface area contributed by atoms with Crippen LogP contribution >= 0.6 is 8.25 Å². The Hall–Kier alpha value is -0.420. The molecule has 0 spiro atoms. The van der Waals surface area contributed by atoms with E-state index in [2.05, 4.69) is 34.6 Å². The number of carbonyl (C=O) groups is 1. The first-order chi connectivity index (χ1) is 12.0. The Balaban J connectivity index is 5.08. The summed E-state index contributed by atoms with van der Waals surface area (Å²) in [6, 6.07) is 0. The van der Waals surface area contributed by atoms with E-state index in [0.29, 0.717) is 12.3 Å². The molecule has 0 saturated heterocycles. The summed E-state index contributed by atoms with van der Waals surface area (Å²) in [6.45, 7) is 19.7. The molecule has 0 saturated carbocycles. The summed E-state index contributed by atoms with van der Waals surface area (Å²) in [5, 5.41) is 0. The summed E-state index contributed by atoms with van der Waals surface area (Å²) >= 11 is 0. The third-order valence-electron chi connectivity index (χ3n) is 5.50. The Morgan fingerprint density at radius 1 is 1.07 bits per heavy atom. The van der Waals surface area contributed by atoms with Gasteiger partial charge in [-0.1, -0.05) is 34.6 Å². The molecule has 0 aromatic rings. The minimum atomic E-state index is -3.09. The van der Waals surface area contributed by atoms with Crippen LogP contribution in [0.3, 0.4) is 0 Å². The van der Waals surface area contributed by atoms with Gasteiger partial charge in [0.25, 0.3) is 0 Å². The molecule has 0 aromatic heterocycles. The zero-order valence-corrected chi connectivity index (χ0v) is 19.9. The van der Waals surface area contributed by atoms with Crippen LogP contribution in [0.5, 0.6) is 0 Å². The van der Waals surface area contributed by atoms with Gasteiger partial charge < -0.3 is 14.4 Å². The maximum Gasteiger partial charge on any atom is 0.319 e. The lowest BCUT2D eigenvalue weighted by molar-refractivity contribution is -0.186. The average Bonchev–Trinajstić information content (AvgIpc) is 2.43. The molecule has 0 amide bonds. The normalized spacial score (nSPS) is 16.9. The van der Waals surface area contributed by atoms with Crippen molar-refractivity contribution in [2.45, 2.75) is 99.9 Å². The zero-order chi connectivity index (χ0) is 21.7. The first kappa shape index (κ1) is 26.6. The van der Waals surface area contributed by atoms with Crippen molar-refractivity contribution >= 4 is 14.2 Å². The molecule has 0 rings (SSSR count). The van der Waals surface area contributed by atoms with Gasteiger partial charge in [0, 0.05) is 6.42 Å². The first-order valence-electron chi connectivity index (χ1n) is 9.77. The quantitative estimate of drug-likeness (QED) is 0.267. The first-order valence-corrected chi connectivity index (χ1v) is 11.0. The highest BCUT2D eigenvalue weighted by molar-refractivity contribution is 7.32. The fourth-order valence-electron chi connectivity index (χ4n) is 3.04. The fraction of sp³-hybridized carbons (Fsp3) is 0.950. The van der Waals surface area contributed by atoms with E-state index in [1.807, 2.05) is 20.8 Å². The third kappa shape index (κ3) is 8.64. The molecule has 7 heteroatoms. The molecule has 0 aliphatic rings. The molecule has 6 nitrogen and oxygen atoms in total. The monoisotopic (exact) mass is 408 g/mol. The van der Waals surface area contributed by atoms with Gasteiger partial charge in [-0.2, -0.15) is 0 Å². The lowest BCUT2D eigenvalue weighted by Crippen LogP contribution is -2.47. The van der Waals surface area contributed by atoms with Crippen LogP contribution in [-0.4, -0.2) is 28.9 Å². The van der Waals surface area contributed by atoms with E-state index in [0.717, 1.165) is 12.8 Å². The van der Waals surface area contributed by atoms with Crippen LogP contribution in [0.2, 0.25) is 0 Å². The van der Waals surface area contributed by atoms with Gasteiger partial charge in [-0.15, -0.1) is 0 Å². The van der Waals surface area contributed by atoms with Crippen molar-refractivity contribution in [1.82, 2.24) is 0 Å². The van der Waals surface area contributed by atoms with Gasteiger partial charge in [-0.05, 0) is 58.8 Å². The van der Waals surface area contributed by atoms with Crippen LogP contribution in [-0.2, 0) is 23.4 Å². The topological polar surface area (TPSA) is 82.1 Å². The van der Waals surface area contributed by atoms with Crippen molar-refractivity contribution in [3.05, 3.63) is 0 Å². The van der Waals surface area contributed by atoms with Crippen molar-refractivity contribution in [3.63, 3.8) is 0 Å². The Bertz CT molecular complexity index is 513. The van der Waals surface area contributed by atoms with Crippen molar-refractivity contribution in [2.75, 3.05) is 6.61 Å². The minimum Gasteiger partial charge on any atom is -0.459 e. The van der Waals surface area contributed by atoms with Gasteiger partial charge in [0.1, 0.15) is 5.60 Å². The van der Waals surface area contributed by atoms with Crippen molar-refractivity contribution in [1.29, 1.82) is 0 Å². The van der Waals surface area contributed by atoms with Gasteiger partial charge in [-0.25, -0.2) is 0 Å². The number of hydrogen-bond acceptors (Lipinski definition) is 5. The summed E-state index contributed by atoms with van der Waals surface area (Å²) in [4.78, 5) is 22.1. The van der Waals surface area contributed by atoms with Gasteiger partial charge in [0.2, 0.25) is 0 Å². The van der Waals surface area contributed by atoms with Crippen LogP contribution in [0.1, 0.15) is 88.5 Å². The van der Waals surface area contributed by atoms with Crippen molar-refractivity contribution < 1.29 is 28.3 Å². The van der Waals surface area contributed by atoms with Crippen molar-refractivity contribution in [2.24, 2.45) is 16.7 Å². The molecule has 27 heavy (non-hydrogen) atoms. The maximum absolute atomic E-state index is 13.2. The maximum atomic E-state index is 13.2. The minimum absolute atomic E-state index is 0.190. The summed E-state index contributed by atoms with van der Waals surface area (Å²) < 4.78 is 27.2. The van der Waals surface area contributed by atoms with E-state index >= 15 is 0 Å². The Labute approximate surface area is 166 Å². The molecule has 0 aliphatic heterocycles. The standard InChI is InChI=1S/C20H41O6P/c1-11-17(4,5)20(10,14-15(2)3)16(21)25-18(6,7)12-13-24-19(8,9)26-27(22)23/h15,27H,11-14H2,1-10H3,(H,22,23). The molecule has 0 heterocycles. The van der Waals surface area contributed by atoms with Crippen molar-refractivity contribution in [3.8, 4) is 0 Å². The van der Waals surface area contributed by atoms with E-state index in [9.17, 15) is 9.36 Å². The number of ether oxygens (including phenoxy) is 2. The van der Waals surface area contributed by atoms with Crippen LogP contribution in [0.25, 0.3) is 0 Å². The average molecular weight is 409 g/mol. The summed E-state index contributed by atoms with van der Waals surface area (Å²) in [5.41, 5.74) is -1.50. The molecule has 2 unspecified atom stereocenters. The predicted molar refractivity (Wildman–Crippen MR) is 109 cm³/mol. The third-order valence-corrected chi connectivity index (χ3v) is 6.17. The van der Waals surface area contributed by atoms with Gasteiger partial charge in [0.05, 0.1) is 12.0 Å². The fourth-order valence-corrected chi connectivity index (χ4v) is 3.52. The van der Waals surface area contributed by atoms with E-state index in [4.69, 9.17) is 18.9 Å². The summed E-state index contributed by atoms with van der Waals surface area (Å²) in [7, 11) is -3.09. The molecule has 2 atom stereocenters. The second-order valence-electron chi connectivity index (χ2n) is 9.68. The SMILES string of the molecule is CCC(C)(C)C(C)(CC(C)C)C(=O)OC(C)(C)CCOC(C)(C)O[PH](=O)O. The van der Waals surface area contributed by atoms with E-state index in [1.165, 1.54) is 0 Å². The molecule has 0 fully saturated rings. The molecular formula is C20H41O6P. The molecule has 1 N–H and O–H groups in total. The van der Waals surface area contributed by atoms with Crippen LogP contribution < -0.4 is 0 Å². The number of hydrogen-bond donors (Lipinski definition) is 1. The lowest BCUT2D eigenvalue weighted by atomic mass is 9.61. The molecule has 0 aliphatic carbocycles. The number of esters is 1. The van der Waals surface area contributed by atoms with Gasteiger partial charge >= 0.3 is 14.2 Å². The van der Waals surface area contributed by atoms with E-state index < -0.39 is 25.1 Å². The second-order valence-corrected chi connectivity index (χ2v) is 10.4. The largest absolute Gasteiger partial charge is 0.459 e. The summed E-state index contributed by atoms with van der Waals surface area (Å²) in [6.07, 6.45) is 2.08. The van der Waals surface area contributed by atoms with Gasteiger partial charge in [-0.3, -0.25) is 13.9 Å². The van der Waals surface area contributed by atoms with E-state index in [-0.39, 0.29) is 18.0 Å². The van der Waals surface area contributed by atoms with Crippen LogP contribution in [0.4, 0.5) is 0 Å². The highest BCUT2D eigenvalue weighted by Gasteiger charge is 2.48. The smallest absolute Gasteiger partial charge is 0.319 e. The van der Waals surface area contributed by atoms with Gasteiger partial charge in [0.15, 0.2) is 5.79 Å². The Morgan fingerprint density at radius 3 is 2.00 bits per heavy atom. The highest BCUT2D eigenvalue weighted by Crippen LogP contribution is 2.47. The lowest BCUT2D eigenvalue weighted by Gasteiger charge is -2.44. The molecule has 0 bridgehead atoms. The predicted octanol–water partition coefficient (Wildman–Crippen LogP) is 5.34. The van der Waals surface area contributed by atoms with Crippen LogP contribution in [0, 0.1) is 16.7 Å².